The summed E-state index contributed by atoms with van der Waals surface area (Å²) in [5, 5.41) is 20.1. The fourth-order valence-corrected chi connectivity index (χ4v) is 3.61. The van der Waals surface area contributed by atoms with E-state index >= 15 is 0 Å². The molecule has 0 aromatic carbocycles. The van der Waals surface area contributed by atoms with E-state index in [1.165, 1.54) is 52.7 Å². The molecule has 0 radical (unpaired) electrons. The van der Waals surface area contributed by atoms with Gasteiger partial charge in [0.1, 0.15) is 6.10 Å². The number of hydrogen-bond acceptors (Lipinski definition) is 5. The van der Waals surface area contributed by atoms with Gasteiger partial charge in [-0.05, 0) is 19.3 Å². The SMILES string of the molecule is C=CCCCCCCCCCC1C(C)C1(O)OC(CO)C(OC)OC. The summed E-state index contributed by atoms with van der Waals surface area (Å²) in [5.74, 6) is -0.953. The van der Waals surface area contributed by atoms with E-state index in [0.717, 1.165) is 19.3 Å². The molecule has 0 aromatic rings. The molecule has 2 N–H and O–H groups in total. The molecule has 4 unspecified atom stereocenters. The van der Waals surface area contributed by atoms with Crippen molar-refractivity contribution < 1.29 is 24.4 Å². The Balaban J connectivity index is 2.20. The number of rotatable bonds is 16. The Labute approximate surface area is 153 Å². The van der Waals surface area contributed by atoms with Crippen molar-refractivity contribution >= 4 is 0 Å². The summed E-state index contributed by atoms with van der Waals surface area (Å²) in [6.07, 6.45) is 11.4. The average molecular weight is 359 g/mol. The maximum atomic E-state index is 10.7. The van der Waals surface area contributed by atoms with Crippen molar-refractivity contribution in [2.75, 3.05) is 20.8 Å². The molecule has 5 heteroatoms. The second-order valence-corrected chi connectivity index (χ2v) is 7.17. The van der Waals surface area contributed by atoms with E-state index in [2.05, 4.69) is 6.58 Å². The Morgan fingerprint density at radius 3 is 2.12 bits per heavy atom. The normalized spacial score (nSPS) is 26.8. The minimum absolute atomic E-state index is 0.0785. The van der Waals surface area contributed by atoms with Crippen molar-refractivity contribution in [2.45, 2.75) is 82.9 Å². The zero-order chi connectivity index (χ0) is 18.7. The van der Waals surface area contributed by atoms with Crippen molar-refractivity contribution in [3.63, 3.8) is 0 Å². The van der Waals surface area contributed by atoms with E-state index in [-0.39, 0.29) is 18.4 Å². The van der Waals surface area contributed by atoms with Crippen molar-refractivity contribution in [2.24, 2.45) is 11.8 Å². The maximum Gasteiger partial charge on any atom is 0.185 e. The fraction of sp³-hybridized carbons (Fsp3) is 0.900. The van der Waals surface area contributed by atoms with Crippen LogP contribution in [0.2, 0.25) is 0 Å². The molecule has 25 heavy (non-hydrogen) atoms. The first-order chi connectivity index (χ1) is 12.0. The predicted octanol–water partition coefficient (Wildman–Crippen LogP) is 3.63. The van der Waals surface area contributed by atoms with Gasteiger partial charge < -0.3 is 24.4 Å². The summed E-state index contributed by atoms with van der Waals surface area (Å²) in [6.45, 7) is 5.49. The van der Waals surface area contributed by atoms with Crippen LogP contribution in [0.3, 0.4) is 0 Å². The van der Waals surface area contributed by atoms with Gasteiger partial charge in [-0.1, -0.05) is 51.5 Å². The molecule has 1 saturated carbocycles. The van der Waals surface area contributed by atoms with Crippen LogP contribution < -0.4 is 0 Å². The van der Waals surface area contributed by atoms with Crippen LogP contribution in [0.5, 0.6) is 0 Å². The topological polar surface area (TPSA) is 68.2 Å². The predicted molar refractivity (Wildman–Crippen MR) is 99.1 cm³/mol. The second kappa shape index (κ2) is 12.0. The lowest BCUT2D eigenvalue weighted by Crippen LogP contribution is -2.40. The van der Waals surface area contributed by atoms with Gasteiger partial charge in [0.2, 0.25) is 0 Å². The van der Waals surface area contributed by atoms with Gasteiger partial charge in [-0.15, -0.1) is 6.58 Å². The van der Waals surface area contributed by atoms with Crippen LogP contribution in [0.15, 0.2) is 12.7 Å². The highest BCUT2D eigenvalue weighted by Crippen LogP contribution is 2.54. The standard InChI is InChI=1S/C20H38O5/c1-5-6-7-8-9-10-11-12-13-14-17-16(2)20(17,22)25-18(15-21)19(23-3)24-4/h5,16-19,21-22H,1,6-15H2,2-4H3. The Morgan fingerprint density at radius 2 is 1.60 bits per heavy atom. The van der Waals surface area contributed by atoms with E-state index < -0.39 is 18.2 Å². The largest absolute Gasteiger partial charge is 0.393 e. The maximum absolute atomic E-state index is 10.7. The van der Waals surface area contributed by atoms with Crippen molar-refractivity contribution in [1.29, 1.82) is 0 Å². The lowest BCUT2D eigenvalue weighted by molar-refractivity contribution is -0.257. The number of ether oxygens (including phenoxy) is 3. The summed E-state index contributed by atoms with van der Waals surface area (Å²) in [5.41, 5.74) is 0. The molecule has 1 aliphatic rings. The Hall–Kier alpha value is -0.460. The van der Waals surface area contributed by atoms with Gasteiger partial charge in [-0.25, -0.2) is 0 Å². The molecule has 4 atom stereocenters. The van der Waals surface area contributed by atoms with Crippen molar-refractivity contribution in [3.8, 4) is 0 Å². The fourth-order valence-electron chi connectivity index (χ4n) is 3.61. The molecule has 0 saturated heterocycles. The van der Waals surface area contributed by atoms with Crippen molar-refractivity contribution in [3.05, 3.63) is 12.7 Å². The molecule has 0 aliphatic heterocycles. The summed E-state index contributed by atoms with van der Waals surface area (Å²) in [4.78, 5) is 0. The molecule has 0 amide bonds. The first-order valence-corrected chi connectivity index (χ1v) is 9.72. The van der Waals surface area contributed by atoms with Gasteiger partial charge >= 0.3 is 0 Å². The average Bonchev–Trinajstić information content (AvgIpc) is 3.13. The molecule has 1 fully saturated rings. The highest BCUT2D eigenvalue weighted by atomic mass is 16.7. The summed E-state index contributed by atoms with van der Waals surface area (Å²) in [7, 11) is 2.99. The highest BCUT2D eigenvalue weighted by molar-refractivity contribution is 5.03. The monoisotopic (exact) mass is 358 g/mol. The molecule has 0 heterocycles. The Morgan fingerprint density at radius 1 is 1.04 bits per heavy atom. The van der Waals surface area contributed by atoms with Crippen LogP contribution >= 0.6 is 0 Å². The molecule has 1 rings (SSSR count). The first-order valence-electron chi connectivity index (χ1n) is 9.72. The minimum Gasteiger partial charge on any atom is -0.393 e. The second-order valence-electron chi connectivity index (χ2n) is 7.17. The zero-order valence-corrected chi connectivity index (χ0v) is 16.3. The minimum atomic E-state index is -1.16. The number of aliphatic hydroxyl groups is 2. The van der Waals surface area contributed by atoms with Gasteiger partial charge in [-0.3, -0.25) is 0 Å². The third-order valence-corrected chi connectivity index (χ3v) is 5.39. The summed E-state index contributed by atoms with van der Waals surface area (Å²) < 4.78 is 16.0. The van der Waals surface area contributed by atoms with Gasteiger partial charge in [0.05, 0.1) is 6.61 Å². The number of hydrogen-bond donors (Lipinski definition) is 2. The lowest BCUT2D eigenvalue weighted by atomic mass is 10.1. The Kier molecular flexibility index (Phi) is 10.9. The Bertz CT molecular complexity index is 358. The van der Waals surface area contributed by atoms with Crippen LogP contribution in [0.4, 0.5) is 0 Å². The molecular formula is C20H38O5. The van der Waals surface area contributed by atoms with Gasteiger partial charge in [0, 0.05) is 26.1 Å². The van der Waals surface area contributed by atoms with Gasteiger partial charge in [-0.2, -0.15) is 0 Å². The third kappa shape index (κ3) is 6.99. The summed E-state index contributed by atoms with van der Waals surface area (Å²) in [6, 6.07) is 0. The zero-order valence-electron chi connectivity index (χ0n) is 16.3. The molecule has 148 valence electrons. The quantitative estimate of drug-likeness (QED) is 0.250. The van der Waals surface area contributed by atoms with Crippen molar-refractivity contribution in [1.82, 2.24) is 0 Å². The lowest BCUT2D eigenvalue weighted by Gasteiger charge is -2.26. The number of methoxy groups -OCH3 is 2. The van der Waals surface area contributed by atoms with Crippen LogP contribution in [0.1, 0.15) is 64.7 Å². The van der Waals surface area contributed by atoms with E-state index in [1.54, 1.807) is 0 Å². The van der Waals surface area contributed by atoms with Crippen LogP contribution in [0, 0.1) is 11.8 Å². The summed E-state index contributed by atoms with van der Waals surface area (Å²) >= 11 is 0. The molecule has 0 bridgehead atoms. The number of allylic oxidation sites excluding steroid dienone is 1. The molecule has 0 spiro atoms. The van der Waals surface area contributed by atoms with Crippen LogP contribution in [-0.4, -0.2) is 49.2 Å². The van der Waals surface area contributed by atoms with E-state index in [0.29, 0.717) is 0 Å². The molecule has 5 nitrogen and oxygen atoms in total. The van der Waals surface area contributed by atoms with E-state index in [9.17, 15) is 10.2 Å². The molecule has 0 aromatic heterocycles. The number of unbranched alkanes of at least 4 members (excludes halogenated alkanes) is 7. The highest BCUT2D eigenvalue weighted by Gasteiger charge is 2.63. The van der Waals surface area contributed by atoms with E-state index in [4.69, 9.17) is 14.2 Å². The smallest absolute Gasteiger partial charge is 0.185 e. The van der Waals surface area contributed by atoms with Crippen LogP contribution in [-0.2, 0) is 14.2 Å². The van der Waals surface area contributed by atoms with Crippen LogP contribution in [0.25, 0.3) is 0 Å². The molecule has 1 aliphatic carbocycles. The van der Waals surface area contributed by atoms with Gasteiger partial charge in [0.15, 0.2) is 12.1 Å². The van der Waals surface area contributed by atoms with E-state index in [1.807, 2.05) is 13.0 Å². The first kappa shape index (κ1) is 22.6. The van der Waals surface area contributed by atoms with Gasteiger partial charge in [0.25, 0.3) is 0 Å². The number of aliphatic hydroxyl groups excluding tert-OH is 1. The molecular weight excluding hydrogens is 320 g/mol. The third-order valence-electron chi connectivity index (χ3n) is 5.39.